The van der Waals surface area contributed by atoms with Crippen molar-refractivity contribution in [3.05, 3.63) is 101 Å². The molecule has 2 aromatic heterocycles. The zero-order valence-electron chi connectivity index (χ0n) is 18.1. The first kappa shape index (κ1) is 25.3. The summed E-state index contributed by atoms with van der Waals surface area (Å²) in [7, 11) is -4.15. The van der Waals surface area contributed by atoms with Crippen molar-refractivity contribution >= 4 is 79.0 Å². The summed E-state index contributed by atoms with van der Waals surface area (Å²) in [6.45, 7) is 2.33. The number of halogens is 1. The van der Waals surface area contributed by atoms with Crippen LogP contribution in [-0.4, -0.2) is 58.4 Å². The van der Waals surface area contributed by atoms with Crippen LogP contribution >= 0.6 is 11.6 Å². The van der Waals surface area contributed by atoms with Gasteiger partial charge in [0.25, 0.3) is 15.9 Å². The van der Waals surface area contributed by atoms with E-state index in [-0.39, 0.29) is 40.0 Å². The molecule has 5 rings (SSSR count). The van der Waals surface area contributed by atoms with Crippen molar-refractivity contribution in [1.29, 1.82) is 0 Å². The van der Waals surface area contributed by atoms with Crippen LogP contribution in [0.5, 0.6) is 0 Å². The molecule has 0 saturated carbocycles. The minimum absolute atomic E-state index is 0. The molecule has 0 fully saturated rings. The predicted molar refractivity (Wildman–Crippen MR) is 139 cm³/mol. The van der Waals surface area contributed by atoms with E-state index in [1.165, 1.54) is 12.3 Å². The van der Waals surface area contributed by atoms with Gasteiger partial charge in [-0.3, -0.25) is 9.78 Å². The monoisotopic (exact) mass is 514 g/mol. The van der Waals surface area contributed by atoms with Crippen molar-refractivity contribution in [2.75, 3.05) is 0 Å². The summed E-state index contributed by atoms with van der Waals surface area (Å²) in [5.74, 6) is 0.0138. The number of carbonyl (C=O) groups excluding carboxylic acids is 1. The Morgan fingerprint density at radius 3 is 2.60 bits per heavy atom. The number of sulfonamides is 1. The molecule has 1 amide bonds. The number of benzene rings is 3. The van der Waals surface area contributed by atoms with Crippen LogP contribution in [0.15, 0.2) is 83.9 Å². The maximum absolute atomic E-state index is 13.0. The van der Waals surface area contributed by atoms with Crippen molar-refractivity contribution < 1.29 is 13.2 Å². The fourth-order valence-corrected chi connectivity index (χ4v) is 5.26. The van der Waals surface area contributed by atoms with Crippen LogP contribution in [0.3, 0.4) is 0 Å². The number of carbonyl (C=O) groups is 1. The molecule has 7 nitrogen and oxygen atoms in total. The van der Waals surface area contributed by atoms with E-state index < -0.39 is 15.9 Å². The van der Waals surface area contributed by atoms with E-state index in [1.54, 1.807) is 42.5 Å². The van der Waals surface area contributed by atoms with Gasteiger partial charge >= 0.3 is 29.6 Å². The first-order valence-electron chi connectivity index (χ1n) is 10.4. The summed E-state index contributed by atoms with van der Waals surface area (Å²) >= 11 is 6.33. The van der Waals surface area contributed by atoms with E-state index in [0.29, 0.717) is 33.5 Å². The van der Waals surface area contributed by atoms with E-state index in [4.69, 9.17) is 11.6 Å². The Hall–Kier alpha value is -2.75. The van der Waals surface area contributed by atoms with E-state index in [1.807, 2.05) is 35.8 Å². The van der Waals surface area contributed by atoms with E-state index >= 15 is 0 Å². The number of nitrogens with one attached hydrogen (secondary N) is 1. The van der Waals surface area contributed by atoms with Gasteiger partial charge in [0.1, 0.15) is 10.7 Å². The Morgan fingerprint density at radius 1 is 1.03 bits per heavy atom. The second-order valence-corrected chi connectivity index (χ2v) is 9.86. The minimum atomic E-state index is -4.15. The molecule has 0 atom stereocenters. The summed E-state index contributed by atoms with van der Waals surface area (Å²) < 4.78 is 30.2. The zero-order chi connectivity index (χ0) is 23.9. The number of fused-ring (bicyclic) bond motifs is 2. The summed E-state index contributed by atoms with van der Waals surface area (Å²) in [6.07, 6.45) is 1.51. The molecule has 0 aliphatic heterocycles. The Morgan fingerprint density at radius 2 is 1.80 bits per heavy atom. The Labute approximate surface area is 229 Å². The predicted octanol–water partition coefficient (Wildman–Crippen LogP) is 4.06. The number of aryl methyl sites for hydroxylation is 1. The zero-order valence-corrected chi connectivity index (χ0v) is 19.6. The SMILES string of the molecule is Cc1nc2ccc(C(=O)NS(=O)(=O)c3cccc4cccnc34)cc2n1Cc1ccccc1Cl.[NaH]. The molecule has 0 radical (unpaired) electrons. The van der Waals surface area contributed by atoms with Crippen LogP contribution in [0.1, 0.15) is 21.7 Å². The molecule has 10 heteroatoms. The molecular formula is C25H20ClN4NaO3S. The first-order valence-corrected chi connectivity index (χ1v) is 12.3. The Bertz CT molecular complexity index is 1680. The summed E-state index contributed by atoms with van der Waals surface area (Å²) in [5.41, 5.74) is 2.81. The van der Waals surface area contributed by atoms with Crippen LogP contribution in [0.4, 0.5) is 0 Å². The van der Waals surface area contributed by atoms with Gasteiger partial charge in [0.2, 0.25) is 0 Å². The van der Waals surface area contributed by atoms with Crippen molar-refractivity contribution in [3.8, 4) is 0 Å². The van der Waals surface area contributed by atoms with Gasteiger partial charge in [-0.15, -0.1) is 0 Å². The van der Waals surface area contributed by atoms with E-state index in [0.717, 1.165) is 11.4 Å². The maximum atomic E-state index is 13.0. The number of pyridine rings is 1. The Kier molecular flexibility index (Phi) is 7.30. The van der Waals surface area contributed by atoms with Gasteiger partial charge in [0.15, 0.2) is 0 Å². The van der Waals surface area contributed by atoms with Gasteiger partial charge in [0.05, 0.1) is 23.1 Å². The molecule has 1 N–H and O–H groups in total. The summed E-state index contributed by atoms with van der Waals surface area (Å²) in [6, 6.07) is 20.7. The Balaban J connectivity index is 0.00000289. The molecule has 0 unspecified atom stereocenters. The average molecular weight is 515 g/mol. The second kappa shape index (κ2) is 10.1. The molecular weight excluding hydrogens is 495 g/mol. The average Bonchev–Trinajstić information content (AvgIpc) is 3.14. The number of hydrogen-bond acceptors (Lipinski definition) is 5. The van der Waals surface area contributed by atoms with Gasteiger partial charge in [-0.05, 0) is 48.9 Å². The van der Waals surface area contributed by atoms with E-state index in [9.17, 15) is 13.2 Å². The molecule has 35 heavy (non-hydrogen) atoms. The first-order chi connectivity index (χ1) is 16.3. The normalized spacial score (nSPS) is 11.4. The number of rotatable bonds is 5. The fourth-order valence-electron chi connectivity index (χ4n) is 3.91. The van der Waals surface area contributed by atoms with Crippen molar-refractivity contribution in [1.82, 2.24) is 19.3 Å². The van der Waals surface area contributed by atoms with Crippen LogP contribution in [-0.2, 0) is 16.6 Å². The van der Waals surface area contributed by atoms with E-state index in [2.05, 4.69) is 14.7 Å². The molecule has 0 bridgehead atoms. The van der Waals surface area contributed by atoms with Crippen LogP contribution in [0, 0.1) is 6.92 Å². The number of imidazole rings is 1. The third-order valence-electron chi connectivity index (χ3n) is 5.60. The van der Waals surface area contributed by atoms with Crippen LogP contribution in [0.25, 0.3) is 21.9 Å². The fraction of sp³-hybridized carbons (Fsp3) is 0.0800. The summed E-state index contributed by atoms with van der Waals surface area (Å²) in [4.78, 5) is 21.7. The van der Waals surface area contributed by atoms with Gasteiger partial charge < -0.3 is 4.57 Å². The number of para-hydroxylation sites is 1. The van der Waals surface area contributed by atoms with Gasteiger partial charge in [0, 0.05) is 22.2 Å². The van der Waals surface area contributed by atoms with Gasteiger partial charge in [-0.1, -0.05) is 48.0 Å². The van der Waals surface area contributed by atoms with Crippen molar-refractivity contribution in [3.63, 3.8) is 0 Å². The molecule has 0 spiro atoms. The van der Waals surface area contributed by atoms with Crippen molar-refractivity contribution in [2.24, 2.45) is 0 Å². The number of amides is 1. The molecule has 3 aromatic carbocycles. The number of aromatic nitrogens is 3. The molecule has 0 saturated heterocycles. The topological polar surface area (TPSA) is 93.9 Å². The summed E-state index contributed by atoms with van der Waals surface area (Å²) in [5, 5.41) is 1.30. The molecule has 5 aromatic rings. The van der Waals surface area contributed by atoms with Crippen LogP contribution < -0.4 is 4.72 Å². The standard InChI is InChI=1S/C25H19ClN4O3S.Na.H/c1-16-28-21-12-11-18(14-22(21)30(16)15-19-6-2-3-9-20(19)26)25(31)29-34(32,33)23-10-4-7-17-8-5-13-27-24(17)23;;/h2-14H,15H2,1H3,(H,29,31);;. The molecule has 0 aliphatic carbocycles. The number of hydrogen-bond donors (Lipinski definition) is 1. The second-order valence-electron chi connectivity index (χ2n) is 7.81. The van der Waals surface area contributed by atoms with Crippen molar-refractivity contribution in [2.45, 2.75) is 18.4 Å². The van der Waals surface area contributed by atoms with Crippen LogP contribution in [0.2, 0.25) is 5.02 Å². The molecule has 172 valence electrons. The quantitative estimate of drug-likeness (QED) is 0.357. The van der Waals surface area contributed by atoms with Gasteiger partial charge in [-0.2, -0.15) is 0 Å². The third kappa shape index (κ3) is 4.98. The molecule has 2 heterocycles. The third-order valence-corrected chi connectivity index (χ3v) is 7.33. The molecule has 0 aliphatic rings. The van der Waals surface area contributed by atoms with Gasteiger partial charge in [-0.25, -0.2) is 18.1 Å². The number of nitrogens with zero attached hydrogens (tertiary/aromatic N) is 3.